The van der Waals surface area contributed by atoms with Gasteiger partial charge in [0, 0.05) is 38.6 Å². The Morgan fingerprint density at radius 1 is 1.18 bits per heavy atom. The molecule has 1 unspecified atom stereocenters. The second kappa shape index (κ2) is 5.96. The Hall–Kier alpha value is -0.410. The molecule has 0 bridgehead atoms. The summed E-state index contributed by atoms with van der Waals surface area (Å²) in [6, 6.07) is 0. The van der Waals surface area contributed by atoms with Crippen LogP contribution in [-0.4, -0.2) is 54.9 Å². The SMILES string of the molecule is CCC(C)C(=O)CN1CCN(CC2CC2)CC1. The van der Waals surface area contributed by atoms with Crippen molar-refractivity contribution in [2.75, 3.05) is 39.3 Å². The first-order valence-electron chi connectivity index (χ1n) is 7.16. The average Bonchev–Trinajstić information content (AvgIpc) is 3.14. The minimum atomic E-state index is 0.236. The van der Waals surface area contributed by atoms with Gasteiger partial charge in [0.05, 0.1) is 6.54 Å². The minimum Gasteiger partial charge on any atom is -0.301 e. The zero-order chi connectivity index (χ0) is 12.3. The molecular weight excluding hydrogens is 212 g/mol. The van der Waals surface area contributed by atoms with E-state index in [2.05, 4.69) is 16.7 Å². The largest absolute Gasteiger partial charge is 0.301 e. The molecule has 0 amide bonds. The van der Waals surface area contributed by atoms with E-state index in [-0.39, 0.29) is 5.92 Å². The van der Waals surface area contributed by atoms with Crippen LogP contribution in [0, 0.1) is 11.8 Å². The van der Waals surface area contributed by atoms with Crippen LogP contribution in [-0.2, 0) is 4.79 Å². The van der Waals surface area contributed by atoms with Gasteiger partial charge in [-0.1, -0.05) is 13.8 Å². The zero-order valence-corrected chi connectivity index (χ0v) is 11.3. The molecule has 17 heavy (non-hydrogen) atoms. The van der Waals surface area contributed by atoms with Crippen molar-refractivity contribution >= 4 is 5.78 Å². The molecule has 0 aromatic heterocycles. The number of rotatable bonds is 6. The highest BCUT2D eigenvalue weighted by Crippen LogP contribution is 2.29. The fourth-order valence-electron chi connectivity index (χ4n) is 2.40. The molecule has 1 heterocycles. The van der Waals surface area contributed by atoms with Crippen LogP contribution in [0.15, 0.2) is 0 Å². The van der Waals surface area contributed by atoms with E-state index in [4.69, 9.17) is 0 Å². The second-order valence-electron chi connectivity index (χ2n) is 5.80. The molecule has 1 aliphatic carbocycles. The first kappa shape index (κ1) is 13.0. The van der Waals surface area contributed by atoms with Crippen LogP contribution < -0.4 is 0 Å². The summed E-state index contributed by atoms with van der Waals surface area (Å²) in [5.41, 5.74) is 0. The summed E-state index contributed by atoms with van der Waals surface area (Å²) in [6.07, 6.45) is 3.85. The average molecular weight is 238 g/mol. The van der Waals surface area contributed by atoms with Gasteiger partial charge < -0.3 is 4.90 Å². The van der Waals surface area contributed by atoms with E-state index < -0.39 is 0 Å². The Bertz CT molecular complexity index is 255. The lowest BCUT2D eigenvalue weighted by Crippen LogP contribution is -2.48. The third-order valence-electron chi connectivity index (χ3n) is 4.22. The summed E-state index contributed by atoms with van der Waals surface area (Å²) in [6.45, 7) is 10.6. The molecule has 1 atom stereocenters. The summed E-state index contributed by atoms with van der Waals surface area (Å²) in [4.78, 5) is 16.8. The first-order valence-corrected chi connectivity index (χ1v) is 7.16. The molecule has 3 heteroatoms. The molecule has 98 valence electrons. The van der Waals surface area contributed by atoms with E-state index in [0.717, 1.165) is 38.5 Å². The lowest BCUT2D eigenvalue weighted by Gasteiger charge is -2.34. The monoisotopic (exact) mass is 238 g/mol. The van der Waals surface area contributed by atoms with E-state index in [1.165, 1.54) is 19.4 Å². The van der Waals surface area contributed by atoms with E-state index in [9.17, 15) is 4.79 Å². The van der Waals surface area contributed by atoms with Crippen molar-refractivity contribution in [2.24, 2.45) is 11.8 Å². The molecule has 0 spiro atoms. The zero-order valence-electron chi connectivity index (χ0n) is 11.3. The van der Waals surface area contributed by atoms with Crippen LogP contribution in [0.2, 0.25) is 0 Å². The first-order chi connectivity index (χ1) is 8.19. The molecule has 3 nitrogen and oxygen atoms in total. The van der Waals surface area contributed by atoms with Crippen LogP contribution in [0.25, 0.3) is 0 Å². The van der Waals surface area contributed by atoms with Gasteiger partial charge in [-0.3, -0.25) is 9.69 Å². The van der Waals surface area contributed by atoms with Crippen molar-refractivity contribution in [3.63, 3.8) is 0 Å². The van der Waals surface area contributed by atoms with Gasteiger partial charge in [-0.25, -0.2) is 0 Å². The van der Waals surface area contributed by atoms with Crippen LogP contribution >= 0.6 is 0 Å². The maximum absolute atomic E-state index is 11.9. The second-order valence-corrected chi connectivity index (χ2v) is 5.80. The molecule has 0 radical (unpaired) electrons. The molecule has 0 aromatic carbocycles. The Labute approximate surface area is 105 Å². The van der Waals surface area contributed by atoms with Crippen LogP contribution in [0.1, 0.15) is 33.1 Å². The maximum atomic E-state index is 11.9. The molecule has 1 saturated heterocycles. The summed E-state index contributed by atoms with van der Waals surface area (Å²) < 4.78 is 0. The van der Waals surface area contributed by atoms with Gasteiger partial charge in [-0.05, 0) is 25.2 Å². The van der Waals surface area contributed by atoms with Gasteiger partial charge in [0.15, 0.2) is 0 Å². The van der Waals surface area contributed by atoms with Crippen molar-refractivity contribution in [1.29, 1.82) is 0 Å². The third-order valence-corrected chi connectivity index (χ3v) is 4.22. The van der Waals surface area contributed by atoms with Gasteiger partial charge in [-0.2, -0.15) is 0 Å². The van der Waals surface area contributed by atoms with E-state index in [1.807, 2.05) is 6.92 Å². The van der Waals surface area contributed by atoms with Crippen LogP contribution in [0.3, 0.4) is 0 Å². The summed E-state index contributed by atoms with van der Waals surface area (Å²) in [5.74, 6) is 1.64. The molecule has 0 N–H and O–H groups in total. The number of carbonyl (C=O) groups is 1. The quantitative estimate of drug-likeness (QED) is 0.702. The number of ketones is 1. The Kier molecular flexibility index (Phi) is 4.57. The maximum Gasteiger partial charge on any atom is 0.149 e. The van der Waals surface area contributed by atoms with Crippen LogP contribution in [0.4, 0.5) is 0 Å². The van der Waals surface area contributed by atoms with Gasteiger partial charge in [0.2, 0.25) is 0 Å². The smallest absolute Gasteiger partial charge is 0.149 e. The number of hydrogen-bond donors (Lipinski definition) is 0. The predicted octanol–water partition coefficient (Wildman–Crippen LogP) is 1.63. The molecule has 0 aromatic rings. The molecule has 1 aliphatic heterocycles. The third kappa shape index (κ3) is 4.07. The Balaban J connectivity index is 1.65. The summed E-state index contributed by atoms with van der Waals surface area (Å²) in [5, 5.41) is 0. The lowest BCUT2D eigenvalue weighted by molar-refractivity contribution is -0.124. The Morgan fingerprint density at radius 3 is 2.29 bits per heavy atom. The summed E-state index contributed by atoms with van der Waals surface area (Å²) in [7, 11) is 0. The number of nitrogens with zero attached hydrogens (tertiary/aromatic N) is 2. The lowest BCUT2D eigenvalue weighted by atomic mass is 10.0. The van der Waals surface area contributed by atoms with Crippen LogP contribution in [0.5, 0.6) is 0 Å². The molecular formula is C14H26N2O. The fraction of sp³-hybridized carbons (Fsp3) is 0.929. The Morgan fingerprint density at radius 2 is 1.76 bits per heavy atom. The van der Waals surface area contributed by atoms with E-state index in [0.29, 0.717) is 12.3 Å². The highest BCUT2D eigenvalue weighted by atomic mass is 16.1. The molecule has 2 fully saturated rings. The highest BCUT2D eigenvalue weighted by Gasteiger charge is 2.27. The van der Waals surface area contributed by atoms with E-state index >= 15 is 0 Å². The molecule has 1 saturated carbocycles. The number of piperazine rings is 1. The normalized spacial score (nSPS) is 24.8. The van der Waals surface area contributed by atoms with Crippen molar-refractivity contribution in [2.45, 2.75) is 33.1 Å². The van der Waals surface area contributed by atoms with Gasteiger partial charge in [0.1, 0.15) is 5.78 Å². The summed E-state index contributed by atoms with van der Waals surface area (Å²) >= 11 is 0. The van der Waals surface area contributed by atoms with Gasteiger partial charge >= 0.3 is 0 Å². The van der Waals surface area contributed by atoms with Crippen molar-refractivity contribution in [3.05, 3.63) is 0 Å². The van der Waals surface area contributed by atoms with Gasteiger partial charge in [0.25, 0.3) is 0 Å². The van der Waals surface area contributed by atoms with Crippen molar-refractivity contribution in [3.8, 4) is 0 Å². The number of Topliss-reactive ketones (excluding diaryl/α,β-unsaturated/α-hetero) is 1. The van der Waals surface area contributed by atoms with Crippen molar-refractivity contribution < 1.29 is 4.79 Å². The standard InChI is InChI=1S/C14H26N2O/c1-3-12(2)14(17)11-16-8-6-15(7-9-16)10-13-4-5-13/h12-13H,3-11H2,1-2H3. The number of carbonyl (C=O) groups excluding carboxylic acids is 1. The predicted molar refractivity (Wildman–Crippen MR) is 70.1 cm³/mol. The molecule has 2 aliphatic rings. The molecule has 2 rings (SSSR count). The van der Waals surface area contributed by atoms with E-state index in [1.54, 1.807) is 0 Å². The minimum absolute atomic E-state index is 0.236. The fourth-order valence-corrected chi connectivity index (χ4v) is 2.40. The highest BCUT2D eigenvalue weighted by molar-refractivity contribution is 5.82. The van der Waals surface area contributed by atoms with Gasteiger partial charge in [-0.15, -0.1) is 0 Å². The number of hydrogen-bond acceptors (Lipinski definition) is 3. The topological polar surface area (TPSA) is 23.6 Å². The van der Waals surface area contributed by atoms with Crippen molar-refractivity contribution in [1.82, 2.24) is 9.80 Å².